The number of imide groups is 1. The van der Waals surface area contributed by atoms with E-state index in [1.54, 1.807) is 19.1 Å². The van der Waals surface area contributed by atoms with Gasteiger partial charge in [0.2, 0.25) is 0 Å². The molecule has 0 saturated carbocycles. The lowest BCUT2D eigenvalue weighted by molar-refractivity contribution is -0.141. The number of carbonyl (C=O) groups is 4. The molecular formula is C16H17N3O5. The Hall–Kier alpha value is -2.90. The predicted octanol–water partition coefficient (Wildman–Crippen LogP) is 0.430. The topological polar surface area (TPSA) is 116 Å². The van der Waals surface area contributed by atoms with Crippen molar-refractivity contribution in [2.24, 2.45) is 0 Å². The summed E-state index contributed by atoms with van der Waals surface area (Å²) in [5, 5.41) is 13.9. The third kappa shape index (κ3) is 2.49. The van der Waals surface area contributed by atoms with Gasteiger partial charge < -0.3 is 15.3 Å². The minimum Gasteiger partial charge on any atom is -0.480 e. The number of urea groups is 1. The molecule has 2 fully saturated rings. The van der Waals surface area contributed by atoms with Gasteiger partial charge in [0.05, 0.1) is 0 Å². The molecule has 3 N–H and O–H groups in total. The number of aliphatic carboxylic acids is 1. The normalized spacial score (nSPS) is 26.2. The molecule has 0 aliphatic carbocycles. The van der Waals surface area contributed by atoms with Crippen LogP contribution in [0.4, 0.5) is 4.79 Å². The van der Waals surface area contributed by atoms with E-state index in [-0.39, 0.29) is 5.91 Å². The smallest absolute Gasteiger partial charge is 0.326 e. The van der Waals surface area contributed by atoms with Crippen LogP contribution < -0.4 is 10.6 Å². The van der Waals surface area contributed by atoms with Gasteiger partial charge in [-0.2, -0.15) is 0 Å². The van der Waals surface area contributed by atoms with Gasteiger partial charge in [-0.25, -0.2) is 9.59 Å². The molecule has 1 aromatic carbocycles. The van der Waals surface area contributed by atoms with Crippen LogP contribution in [0.2, 0.25) is 0 Å². The molecule has 24 heavy (non-hydrogen) atoms. The highest BCUT2D eigenvalue weighted by molar-refractivity contribution is 6.07. The van der Waals surface area contributed by atoms with E-state index in [0.717, 1.165) is 0 Å². The second-order valence-electron chi connectivity index (χ2n) is 6.11. The maximum atomic E-state index is 12.5. The molecule has 1 unspecified atom stereocenters. The summed E-state index contributed by atoms with van der Waals surface area (Å²) in [7, 11) is 0. The molecule has 4 amide bonds. The van der Waals surface area contributed by atoms with Gasteiger partial charge in [-0.3, -0.25) is 14.9 Å². The van der Waals surface area contributed by atoms with Gasteiger partial charge in [-0.05, 0) is 37.5 Å². The van der Waals surface area contributed by atoms with Crippen molar-refractivity contribution in [3.8, 4) is 0 Å². The van der Waals surface area contributed by atoms with Crippen LogP contribution in [0.3, 0.4) is 0 Å². The van der Waals surface area contributed by atoms with E-state index in [0.29, 0.717) is 30.5 Å². The van der Waals surface area contributed by atoms with Crippen LogP contribution in [0.15, 0.2) is 24.3 Å². The van der Waals surface area contributed by atoms with Crippen LogP contribution in [-0.2, 0) is 15.1 Å². The zero-order valence-corrected chi connectivity index (χ0v) is 13.0. The monoisotopic (exact) mass is 331 g/mol. The number of rotatable bonds is 3. The molecule has 1 aromatic rings. The first kappa shape index (κ1) is 16.0. The molecule has 2 aliphatic heterocycles. The minimum absolute atomic E-state index is 0.347. The predicted molar refractivity (Wildman–Crippen MR) is 82.2 cm³/mol. The quantitative estimate of drug-likeness (QED) is 0.695. The highest BCUT2D eigenvalue weighted by Crippen LogP contribution is 2.26. The van der Waals surface area contributed by atoms with Gasteiger partial charge in [-0.15, -0.1) is 0 Å². The Kier molecular flexibility index (Phi) is 3.75. The van der Waals surface area contributed by atoms with Crippen LogP contribution in [0, 0.1) is 0 Å². The number of carboxylic acids is 1. The largest absolute Gasteiger partial charge is 0.480 e. The Morgan fingerprint density at radius 1 is 1.25 bits per heavy atom. The highest BCUT2D eigenvalue weighted by atomic mass is 16.4. The first-order chi connectivity index (χ1) is 11.3. The number of carboxylic acid groups (broad SMARTS) is 1. The summed E-state index contributed by atoms with van der Waals surface area (Å²) in [6.07, 6.45) is 1.11. The number of amides is 4. The Morgan fingerprint density at radius 2 is 1.92 bits per heavy atom. The van der Waals surface area contributed by atoms with E-state index >= 15 is 0 Å². The molecule has 8 heteroatoms. The summed E-state index contributed by atoms with van der Waals surface area (Å²) in [5.74, 6) is -1.82. The van der Waals surface area contributed by atoms with Crippen molar-refractivity contribution in [1.82, 2.24) is 15.5 Å². The minimum atomic E-state index is -1.18. The summed E-state index contributed by atoms with van der Waals surface area (Å²) in [6.45, 7) is 1.98. The molecule has 2 atom stereocenters. The van der Waals surface area contributed by atoms with Crippen molar-refractivity contribution in [2.75, 3.05) is 6.54 Å². The fourth-order valence-corrected chi connectivity index (χ4v) is 3.12. The van der Waals surface area contributed by atoms with Crippen LogP contribution >= 0.6 is 0 Å². The van der Waals surface area contributed by atoms with E-state index in [9.17, 15) is 24.3 Å². The summed E-state index contributed by atoms with van der Waals surface area (Å²) < 4.78 is 0. The Balaban J connectivity index is 1.82. The number of nitrogens with zero attached hydrogens (tertiary/aromatic N) is 1. The third-order valence-electron chi connectivity index (χ3n) is 4.55. The molecule has 126 valence electrons. The van der Waals surface area contributed by atoms with E-state index in [4.69, 9.17) is 0 Å². The maximum absolute atomic E-state index is 12.5. The third-order valence-corrected chi connectivity index (χ3v) is 4.55. The molecule has 2 saturated heterocycles. The van der Waals surface area contributed by atoms with Crippen molar-refractivity contribution < 1.29 is 24.3 Å². The standard InChI is InChI=1S/C16H17N3O5/c1-16(14(23)17-15(24)18-16)10-6-4-9(5-7-10)12(20)19-8-2-3-11(19)13(21)22/h4-7,11H,2-3,8H2,1H3,(H,21,22)(H2,17,18,23,24)/t11-,16?/m0/s1. The fraction of sp³-hybridized carbons (Fsp3) is 0.375. The van der Waals surface area contributed by atoms with Gasteiger partial charge in [0.15, 0.2) is 0 Å². The Bertz CT molecular complexity index is 730. The summed E-state index contributed by atoms with van der Waals surface area (Å²) in [6, 6.07) is 4.89. The zero-order valence-electron chi connectivity index (χ0n) is 13.0. The number of likely N-dealkylation sites (tertiary alicyclic amines) is 1. The molecule has 3 rings (SSSR count). The number of hydrogen-bond acceptors (Lipinski definition) is 4. The van der Waals surface area contributed by atoms with Gasteiger partial charge >= 0.3 is 12.0 Å². The molecule has 2 aliphatic rings. The average Bonchev–Trinajstić information content (AvgIpc) is 3.12. The van der Waals surface area contributed by atoms with Gasteiger partial charge in [0.25, 0.3) is 11.8 Å². The highest BCUT2D eigenvalue weighted by Gasteiger charge is 2.43. The molecule has 2 heterocycles. The number of hydrogen-bond donors (Lipinski definition) is 3. The van der Waals surface area contributed by atoms with Crippen molar-refractivity contribution >= 4 is 23.8 Å². The molecule has 0 aromatic heterocycles. The molecule has 0 bridgehead atoms. The zero-order chi connectivity index (χ0) is 17.5. The van der Waals surface area contributed by atoms with Crippen molar-refractivity contribution in [2.45, 2.75) is 31.3 Å². The molecular weight excluding hydrogens is 314 g/mol. The first-order valence-corrected chi connectivity index (χ1v) is 7.61. The summed E-state index contributed by atoms with van der Waals surface area (Å²) in [5.41, 5.74) is -0.297. The molecule has 0 spiro atoms. The number of nitrogens with one attached hydrogen (secondary N) is 2. The van der Waals surface area contributed by atoms with Crippen molar-refractivity contribution in [3.63, 3.8) is 0 Å². The van der Waals surface area contributed by atoms with E-state index in [2.05, 4.69) is 10.6 Å². The van der Waals surface area contributed by atoms with Crippen molar-refractivity contribution in [3.05, 3.63) is 35.4 Å². The average molecular weight is 331 g/mol. The van der Waals surface area contributed by atoms with E-state index in [1.807, 2.05) is 0 Å². The Morgan fingerprint density at radius 3 is 2.46 bits per heavy atom. The maximum Gasteiger partial charge on any atom is 0.326 e. The van der Waals surface area contributed by atoms with Gasteiger partial charge in [-0.1, -0.05) is 12.1 Å². The lowest BCUT2D eigenvalue weighted by Crippen LogP contribution is -2.41. The molecule has 0 radical (unpaired) electrons. The van der Waals surface area contributed by atoms with Crippen LogP contribution in [0.1, 0.15) is 35.7 Å². The first-order valence-electron chi connectivity index (χ1n) is 7.61. The SMILES string of the molecule is CC1(c2ccc(C(=O)N3CCC[C@H]3C(=O)O)cc2)NC(=O)NC1=O. The van der Waals surface area contributed by atoms with Gasteiger partial charge in [0, 0.05) is 12.1 Å². The van der Waals surface area contributed by atoms with E-state index in [1.165, 1.54) is 17.0 Å². The number of carbonyl (C=O) groups excluding carboxylic acids is 3. The Labute approximate surface area is 137 Å². The number of benzene rings is 1. The van der Waals surface area contributed by atoms with Gasteiger partial charge in [0.1, 0.15) is 11.6 Å². The lowest BCUT2D eigenvalue weighted by Gasteiger charge is -2.23. The molecule has 8 nitrogen and oxygen atoms in total. The fourth-order valence-electron chi connectivity index (χ4n) is 3.12. The van der Waals surface area contributed by atoms with Crippen molar-refractivity contribution in [1.29, 1.82) is 0 Å². The second-order valence-corrected chi connectivity index (χ2v) is 6.11. The van der Waals surface area contributed by atoms with Crippen LogP contribution in [-0.4, -0.2) is 46.4 Å². The second kappa shape index (κ2) is 5.63. The van der Waals surface area contributed by atoms with Crippen LogP contribution in [0.5, 0.6) is 0 Å². The summed E-state index contributed by atoms with van der Waals surface area (Å²) >= 11 is 0. The summed E-state index contributed by atoms with van der Waals surface area (Å²) in [4.78, 5) is 48.3. The lowest BCUT2D eigenvalue weighted by atomic mass is 9.91. The van der Waals surface area contributed by atoms with E-state index < -0.39 is 29.5 Å². The van der Waals surface area contributed by atoms with Crippen LogP contribution in [0.25, 0.3) is 0 Å².